The SMILES string of the molecule is c1ccc(-c2cccc3cccc-3c2)cc1. The van der Waals surface area contributed by atoms with Crippen LogP contribution in [-0.4, -0.2) is 0 Å². The van der Waals surface area contributed by atoms with Gasteiger partial charge < -0.3 is 0 Å². The van der Waals surface area contributed by atoms with Gasteiger partial charge in [0.05, 0.1) is 0 Å². The van der Waals surface area contributed by atoms with E-state index in [-0.39, 0.29) is 0 Å². The first kappa shape index (κ1) is 9.17. The topological polar surface area (TPSA) is 0 Å². The van der Waals surface area contributed by atoms with Gasteiger partial charge in [0.15, 0.2) is 0 Å². The van der Waals surface area contributed by atoms with E-state index in [1.807, 2.05) is 6.07 Å². The molecular weight excluding hydrogens is 192 g/mol. The molecule has 1 aromatic rings. The molecule has 0 unspecified atom stereocenters. The highest BCUT2D eigenvalue weighted by molar-refractivity contribution is 5.73. The highest BCUT2D eigenvalue weighted by atomic mass is 14.1. The van der Waals surface area contributed by atoms with Gasteiger partial charge in [0.1, 0.15) is 0 Å². The molecule has 0 fully saturated rings. The van der Waals surface area contributed by atoms with Crippen molar-refractivity contribution in [2.24, 2.45) is 0 Å². The average Bonchev–Trinajstić information content (AvgIpc) is 2.68. The van der Waals surface area contributed by atoms with Gasteiger partial charge in [0.25, 0.3) is 0 Å². The fraction of sp³-hybridized carbons (Fsp3) is 0. The molecule has 0 heterocycles. The maximum atomic E-state index is 2.24. The van der Waals surface area contributed by atoms with E-state index < -0.39 is 0 Å². The average molecular weight is 204 g/mol. The van der Waals surface area contributed by atoms with Crippen LogP contribution in [0.3, 0.4) is 0 Å². The van der Waals surface area contributed by atoms with Crippen LogP contribution < -0.4 is 0 Å². The van der Waals surface area contributed by atoms with E-state index in [1.54, 1.807) is 0 Å². The molecule has 2 aliphatic rings. The van der Waals surface area contributed by atoms with Crippen molar-refractivity contribution < 1.29 is 0 Å². The van der Waals surface area contributed by atoms with Crippen LogP contribution in [0, 0.1) is 0 Å². The zero-order valence-electron chi connectivity index (χ0n) is 8.93. The summed E-state index contributed by atoms with van der Waals surface area (Å²) < 4.78 is 0. The number of rotatable bonds is 1. The summed E-state index contributed by atoms with van der Waals surface area (Å²) in [6, 6.07) is 25.5. The molecule has 0 bridgehead atoms. The zero-order valence-corrected chi connectivity index (χ0v) is 8.93. The summed E-state index contributed by atoms with van der Waals surface area (Å²) in [5.74, 6) is 0. The summed E-state index contributed by atoms with van der Waals surface area (Å²) in [5.41, 5.74) is 5.12. The molecule has 0 spiro atoms. The molecule has 76 valence electrons. The summed E-state index contributed by atoms with van der Waals surface area (Å²) in [4.78, 5) is 0. The summed E-state index contributed by atoms with van der Waals surface area (Å²) in [6.45, 7) is 0. The third kappa shape index (κ3) is 1.59. The van der Waals surface area contributed by atoms with Gasteiger partial charge in [-0.2, -0.15) is 0 Å². The van der Waals surface area contributed by atoms with Crippen molar-refractivity contribution in [2.45, 2.75) is 0 Å². The quantitative estimate of drug-likeness (QED) is 0.549. The second-order valence-corrected chi connectivity index (χ2v) is 3.93. The van der Waals surface area contributed by atoms with Crippen molar-refractivity contribution in [3.63, 3.8) is 0 Å². The molecule has 1 aromatic carbocycles. The van der Waals surface area contributed by atoms with Crippen LogP contribution in [0.4, 0.5) is 0 Å². The van der Waals surface area contributed by atoms with E-state index in [0.717, 1.165) is 0 Å². The van der Waals surface area contributed by atoms with E-state index in [1.165, 1.54) is 22.3 Å². The van der Waals surface area contributed by atoms with E-state index in [2.05, 4.69) is 66.7 Å². The summed E-state index contributed by atoms with van der Waals surface area (Å²) in [5, 5.41) is 0. The lowest BCUT2D eigenvalue weighted by molar-refractivity contribution is 1.66. The second-order valence-electron chi connectivity index (χ2n) is 3.93. The van der Waals surface area contributed by atoms with Crippen molar-refractivity contribution >= 4 is 0 Å². The Morgan fingerprint density at radius 1 is 0.375 bits per heavy atom. The van der Waals surface area contributed by atoms with Crippen LogP contribution in [0.1, 0.15) is 0 Å². The number of hydrogen-bond acceptors (Lipinski definition) is 0. The molecule has 0 N–H and O–H groups in total. The highest BCUT2D eigenvalue weighted by Crippen LogP contribution is 2.27. The largest absolute Gasteiger partial charge is 0.0622 e. The van der Waals surface area contributed by atoms with Gasteiger partial charge in [-0.3, -0.25) is 0 Å². The first-order chi connectivity index (χ1) is 7.93. The molecule has 3 rings (SSSR count). The molecule has 0 atom stereocenters. The molecule has 0 saturated carbocycles. The van der Waals surface area contributed by atoms with E-state index in [4.69, 9.17) is 0 Å². The lowest BCUT2D eigenvalue weighted by Gasteiger charge is -1.98. The molecule has 2 aliphatic carbocycles. The van der Waals surface area contributed by atoms with Gasteiger partial charge >= 0.3 is 0 Å². The van der Waals surface area contributed by atoms with Gasteiger partial charge in [0.2, 0.25) is 0 Å². The molecule has 0 aliphatic heterocycles. The fourth-order valence-electron chi connectivity index (χ4n) is 2.01. The third-order valence-corrected chi connectivity index (χ3v) is 2.85. The van der Waals surface area contributed by atoms with Crippen LogP contribution in [0.5, 0.6) is 0 Å². The van der Waals surface area contributed by atoms with Crippen LogP contribution in [0.15, 0.2) is 72.8 Å². The van der Waals surface area contributed by atoms with Crippen LogP contribution in [-0.2, 0) is 0 Å². The Morgan fingerprint density at radius 2 is 0.812 bits per heavy atom. The van der Waals surface area contributed by atoms with Crippen molar-refractivity contribution in [3.05, 3.63) is 72.8 Å². The molecule has 0 radical (unpaired) electrons. The zero-order chi connectivity index (χ0) is 10.8. The third-order valence-electron chi connectivity index (χ3n) is 2.85. The first-order valence-electron chi connectivity index (χ1n) is 5.48. The monoisotopic (exact) mass is 204 g/mol. The predicted octanol–water partition coefficient (Wildman–Crippen LogP) is 4.46. The smallest absolute Gasteiger partial charge is 0.0178 e. The van der Waals surface area contributed by atoms with Crippen molar-refractivity contribution in [1.82, 2.24) is 0 Å². The Kier molecular flexibility index (Phi) is 2.19. The van der Waals surface area contributed by atoms with Crippen LogP contribution >= 0.6 is 0 Å². The predicted molar refractivity (Wildman–Crippen MR) is 68.5 cm³/mol. The van der Waals surface area contributed by atoms with Crippen molar-refractivity contribution in [2.75, 3.05) is 0 Å². The normalized spacial score (nSPS) is 10.5. The minimum atomic E-state index is 1.27. The summed E-state index contributed by atoms with van der Waals surface area (Å²) in [6.07, 6.45) is 0. The molecular formula is C16H12. The standard InChI is InChI=1S/C16H12/c1-2-6-13(7-3-1)15-10-4-8-14-9-5-11-16(14)12-15/h1-12H. The Bertz CT molecular complexity index is 567. The maximum absolute atomic E-state index is 2.24. The molecule has 16 heavy (non-hydrogen) atoms. The lowest BCUT2D eigenvalue weighted by atomic mass is 10.1. The minimum Gasteiger partial charge on any atom is -0.0622 e. The van der Waals surface area contributed by atoms with Crippen LogP contribution in [0.2, 0.25) is 0 Å². The van der Waals surface area contributed by atoms with E-state index in [9.17, 15) is 0 Å². The first-order valence-corrected chi connectivity index (χ1v) is 5.48. The fourth-order valence-corrected chi connectivity index (χ4v) is 2.01. The Hall–Kier alpha value is -2.08. The number of fused-ring (bicyclic) bond motifs is 1. The van der Waals surface area contributed by atoms with Gasteiger partial charge in [-0.15, -0.1) is 0 Å². The maximum Gasteiger partial charge on any atom is -0.0178 e. The molecule has 0 nitrogen and oxygen atoms in total. The van der Waals surface area contributed by atoms with E-state index >= 15 is 0 Å². The lowest BCUT2D eigenvalue weighted by Crippen LogP contribution is -1.73. The molecule has 0 heteroatoms. The molecule has 0 saturated heterocycles. The number of benzene rings is 1. The number of hydrogen-bond donors (Lipinski definition) is 0. The van der Waals surface area contributed by atoms with Gasteiger partial charge in [-0.1, -0.05) is 66.7 Å². The van der Waals surface area contributed by atoms with Gasteiger partial charge in [0, 0.05) is 0 Å². The van der Waals surface area contributed by atoms with Crippen molar-refractivity contribution in [3.8, 4) is 22.3 Å². The highest BCUT2D eigenvalue weighted by Gasteiger charge is 2.01. The second kappa shape index (κ2) is 3.82. The Labute approximate surface area is 95.5 Å². The van der Waals surface area contributed by atoms with Gasteiger partial charge in [-0.05, 0) is 28.3 Å². The van der Waals surface area contributed by atoms with E-state index in [0.29, 0.717) is 0 Å². The Morgan fingerprint density at radius 3 is 1.38 bits per heavy atom. The molecule has 0 amide bonds. The van der Waals surface area contributed by atoms with Crippen molar-refractivity contribution in [1.29, 1.82) is 0 Å². The van der Waals surface area contributed by atoms with Gasteiger partial charge in [-0.25, -0.2) is 0 Å². The minimum absolute atomic E-state index is 1.27. The summed E-state index contributed by atoms with van der Waals surface area (Å²) in [7, 11) is 0. The summed E-state index contributed by atoms with van der Waals surface area (Å²) >= 11 is 0. The Balaban J connectivity index is 2.19. The van der Waals surface area contributed by atoms with Crippen LogP contribution in [0.25, 0.3) is 22.3 Å². The molecule has 0 aromatic heterocycles.